The molecule has 0 aromatic heterocycles. The number of hydrogen-bond donors (Lipinski definition) is 2. The number of aliphatic hydroxyl groups is 1. The minimum Gasteiger partial charge on any atom is -0.491 e. The lowest BCUT2D eigenvalue weighted by Gasteiger charge is -2.31. The highest BCUT2D eigenvalue weighted by molar-refractivity contribution is 5.76. The summed E-state index contributed by atoms with van der Waals surface area (Å²) < 4.78 is 33.5. The van der Waals surface area contributed by atoms with Crippen LogP contribution < -0.4 is 4.74 Å². The molecule has 0 spiro atoms. The van der Waals surface area contributed by atoms with Crippen molar-refractivity contribution in [1.29, 1.82) is 0 Å². The van der Waals surface area contributed by atoms with Crippen LogP contribution in [0.5, 0.6) is 5.75 Å². The van der Waals surface area contributed by atoms with Gasteiger partial charge in [0.25, 0.3) is 0 Å². The van der Waals surface area contributed by atoms with Gasteiger partial charge in [0.15, 0.2) is 11.6 Å². The van der Waals surface area contributed by atoms with E-state index in [1.54, 1.807) is 6.92 Å². The first-order valence-corrected chi connectivity index (χ1v) is 10.4. The molecule has 0 radical (unpaired) electrons. The molecule has 1 saturated carbocycles. The van der Waals surface area contributed by atoms with Crippen LogP contribution >= 0.6 is 0 Å². The number of carboxylic acid groups (broad SMARTS) is 1. The van der Waals surface area contributed by atoms with Crippen molar-refractivity contribution in [2.75, 3.05) is 6.61 Å². The van der Waals surface area contributed by atoms with Crippen LogP contribution in [0.1, 0.15) is 76.7 Å². The van der Waals surface area contributed by atoms with Crippen LogP contribution in [0.2, 0.25) is 0 Å². The topological polar surface area (TPSA) is 66.8 Å². The monoisotopic (exact) mass is 398 g/mol. The van der Waals surface area contributed by atoms with Gasteiger partial charge in [0.2, 0.25) is 5.82 Å². The maximum absolute atomic E-state index is 14.4. The Bertz CT molecular complexity index is 642. The summed E-state index contributed by atoms with van der Waals surface area (Å²) in [5.41, 5.74) is -0.202. The molecule has 2 N–H and O–H groups in total. The first-order valence-electron chi connectivity index (χ1n) is 10.4. The average molecular weight is 398 g/mol. The van der Waals surface area contributed by atoms with Crippen LogP contribution in [-0.2, 0) is 4.79 Å². The Labute approximate surface area is 165 Å². The molecule has 0 bridgehead atoms. The first kappa shape index (κ1) is 22.6. The molecule has 0 saturated heterocycles. The molecule has 2 rings (SSSR count). The normalized spacial score (nSPS) is 21.9. The highest BCUT2D eigenvalue weighted by Gasteiger charge is 2.30. The first-order chi connectivity index (χ1) is 13.4. The lowest BCUT2D eigenvalue weighted by atomic mass is 9.76. The third-order valence-electron chi connectivity index (χ3n) is 5.93. The van der Waals surface area contributed by atoms with E-state index in [0.29, 0.717) is 0 Å². The van der Waals surface area contributed by atoms with E-state index in [1.807, 2.05) is 0 Å². The molecule has 6 heteroatoms. The SMILES string of the molecule is CCC[C@H]1CC[C@H](C(O)CCC(C(=O)O)c2ccc(OCC)c(F)c2F)CC1. The molecule has 1 aromatic carbocycles. The summed E-state index contributed by atoms with van der Waals surface area (Å²) in [6.07, 6.45) is 6.16. The fourth-order valence-electron chi connectivity index (χ4n) is 4.34. The van der Waals surface area contributed by atoms with Gasteiger partial charge in [-0.15, -0.1) is 0 Å². The predicted octanol–water partition coefficient (Wildman–Crippen LogP) is 5.28. The Kier molecular flexibility index (Phi) is 8.67. The number of rotatable bonds is 10. The summed E-state index contributed by atoms with van der Waals surface area (Å²) in [4.78, 5) is 11.7. The largest absolute Gasteiger partial charge is 0.491 e. The lowest BCUT2D eigenvalue weighted by Crippen LogP contribution is -2.27. The van der Waals surface area contributed by atoms with E-state index < -0.39 is 29.6 Å². The molecule has 1 aromatic rings. The molecule has 1 fully saturated rings. The molecule has 2 unspecified atom stereocenters. The van der Waals surface area contributed by atoms with Crippen LogP contribution in [-0.4, -0.2) is 28.9 Å². The second kappa shape index (κ2) is 10.7. The van der Waals surface area contributed by atoms with E-state index in [2.05, 4.69) is 6.92 Å². The summed E-state index contributed by atoms with van der Waals surface area (Å²) in [7, 11) is 0. The molecule has 1 aliphatic rings. The number of carboxylic acids is 1. The fourth-order valence-corrected chi connectivity index (χ4v) is 4.34. The van der Waals surface area contributed by atoms with Gasteiger partial charge in [0.05, 0.1) is 18.6 Å². The fraction of sp³-hybridized carbons (Fsp3) is 0.682. The maximum Gasteiger partial charge on any atom is 0.311 e. The van der Waals surface area contributed by atoms with Gasteiger partial charge in [0.1, 0.15) is 0 Å². The average Bonchev–Trinajstić information content (AvgIpc) is 2.67. The summed E-state index contributed by atoms with van der Waals surface area (Å²) in [5, 5.41) is 20.1. The number of hydrogen-bond acceptors (Lipinski definition) is 3. The number of halogens is 2. The van der Waals surface area contributed by atoms with E-state index in [4.69, 9.17) is 4.74 Å². The van der Waals surface area contributed by atoms with Crippen molar-refractivity contribution in [1.82, 2.24) is 0 Å². The third kappa shape index (κ3) is 5.66. The smallest absolute Gasteiger partial charge is 0.311 e. The number of aliphatic carboxylic acids is 1. The second-order valence-corrected chi connectivity index (χ2v) is 7.82. The van der Waals surface area contributed by atoms with Crippen LogP contribution in [0.25, 0.3) is 0 Å². The van der Waals surface area contributed by atoms with E-state index >= 15 is 0 Å². The van der Waals surface area contributed by atoms with Gasteiger partial charge in [-0.1, -0.05) is 38.7 Å². The van der Waals surface area contributed by atoms with Crippen molar-refractivity contribution >= 4 is 5.97 Å². The van der Waals surface area contributed by atoms with Crippen LogP contribution in [0.3, 0.4) is 0 Å². The van der Waals surface area contributed by atoms with Crippen LogP contribution in [0, 0.1) is 23.5 Å². The molecule has 158 valence electrons. The number of aliphatic hydroxyl groups excluding tert-OH is 1. The maximum atomic E-state index is 14.4. The van der Waals surface area contributed by atoms with Crippen molar-refractivity contribution in [3.05, 3.63) is 29.3 Å². The Balaban J connectivity index is 2.00. The van der Waals surface area contributed by atoms with Crippen LogP contribution in [0.4, 0.5) is 8.78 Å². The Morgan fingerprint density at radius 3 is 2.39 bits per heavy atom. The Morgan fingerprint density at radius 2 is 1.82 bits per heavy atom. The minimum atomic E-state index is -1.22. The second-order valence-electron chi connectivity index (χ2n) is 7.82. The summed E-state index contributed by atoms with van der Waals surface area (Å²) in [5.74, 6) is -4.12. The van der Waals surface area contributed by atoms with Gasteiger partial charge >= 0.3 is 5.97 Å². The molecule has 2 atom stereocenters. The van der Waals surface area contributed by atoms with Gasteiger partial charge in [-0.25, -0.2) is 4.39 Å². The van der Waals surface area contributed by atoms with E-state index in [-0.39, 0.29) is 36.7 Å². The highest BCUT2D eigenvalue weighted by Crippen LogP contribution is 2.36. The molecule has 0 heterocycles. The van der Waals surface area contributed by atoms with Crippen molar-refractivity contribution in [3.8, 4) is 5.75 Å². The molecule has 4 nitrogen and oxygen atoms in total. The lowest BCUT2D eigenvalue weighted by molar-refractivity contribution is -0.139. The molecular weight excluding hydrogens is 366 g/mol. The van der Waals surface area contributed by atoms with Crippen molar-refractivity contribution in [3.63, 3.8) is 0 Å². The quantitative estimate of drug-likeness (QED) is 0.563. The third-order valence-corrected chi connectivity index (χ3v) is 5.93. The van der Waals surface area contributed by atoms with E-state index in [9.17, 15) is 23.8 Å². The zero-order valence-corrected chi connectivity index (χ0v) is 16.8. The van der Waals surface area contributed by atoms with Gasteiger partial charge in [-0.3, -0.25) is 4.79 Å². The Hall–Kier alpha value is -1.69. The van der Waals surface area contributed by atoms with Gasteiger partial charge < -0.3 is 14.9 Å². The molecule has 1 aliphatic carbocycles. The highest BCUT2D eigenvalue weighted by atomic mass is 19.2. The molecule has 0 aliphatic heterocycles. The zero-order chi connectivity index (χ0) is 20.7. The van der Waals surface area contributed by atoms with Gasteiger partial charge in [0, 0.05) is 5.56 Å². The predicted molar refractivity (Wildman–Crippen MR) is 104 cm³/mol. The minimum absolute atomic E-state index is 0.0652. The zero-order valence-electron chi connectivity index (χ0n) is 16.8. The standard InChI is InChI=1S/C22H32F2O4/c1-3-5-14-6-8-15(9-7-14)18(25)12-10-17(22(26)27)16-11-13-19(28-4-2)21(24)20(16)23/h11,13-15,17-18,25H,3-10,12H2,1-2H3,(H,26,27)/t14-,15-,17?,18?. The summed E-state index contributed by atoms with van der Waals surface area (Å²) in [6.45, 7) is 4.02. The van der Waals surface area contributed by atoms with Crippen molar-refractivity contribution in [2.24, 2.45) is 11.8 Å². The Morgan fingerprint density at radius 1 is 1.14 bits per heavy atom. The number of ether oxygens (including phenoxy) is 1. The van der Waals surface area contributed by atoms with Crippen molar-refractivity contribution < 1.29 is 28.5 Å². The van der Waals surface area contributed by atoms with Gasteiger partial charge in [-0.2, -0.15) is 4.39 Å². The van der Waals surface area contributed by atoms with Crippen LogP contribution in [0.15, 0.2) is 12.1 Å². The summed E-state index contributed by atoms with van der Waals surface area (Å²) in [6, 6.07) is 2.53. The molecule has 0 amide bonds. The van der Waals surface area contributed by atoms with E-state index in [0.717, 1.165) is 31.6 Å². The number of carbonyl (C=O) groups is 1. The summed E-state index contributed by atoms with van der Waals surface area (Å²) >= 11 is 0. The van der Waals surface area contributed by atoms with E-state index in [1.165, 1.54) is 25.0 Å². The van der Waals surface area contributed by atoms with Crippen molar-refractivity contribution in [2.45, 2.75) is 77.2 Å². The molecule has 28 heavy (non-hydrogen) atoms. The molecular formula is C22H32F2O4. The van der Waals surface area contributed by atoms with Gasteiger partial charge in [-0.05, 0) is 50.5 Å². The number of benzene rings is 1.